The van der Waals surface area contributed by atoms with Crippen LogP contribution in [0.4, 0.5) is 13.2 Å². The number of carboxylic acid groups (broad SMARTS) is 1. The van der Waals surface area contributed by atoms with Gasteiger partial charge in [-0.25, -0.2) is 0 Å². The van der Waals surface area contributed by atoms with E-state index >= 15 is 0 Å². The Morgan fingerprint density at radius 3 is 2.22 bits per heavy atom. The van der Waals surface area contributed by atoms with E-state index in [1.807, 2.05) is 13.8 Å². The summed E-state index contributed by atoms with van der Waals surface area (Å²) in [6.45, 7) is 3.70. The number of hydrogen-bond donors (Lipinski definition) is 2. The number of rotatable bonds is 7. The van der Waals surface area contributed by atoms with Crippen molar-refractivity contribution in [3.63, 3.8) is 0 Å². The molecule has 128 valence electrons. The first-order chi connectivity index (χ1) is 10.6. The summed E-state index contributed by atoms with van der Waals surface area (Å²) < 4.78 is 39.8. The number of halogens is 3. The summed E-state index contributed by atoms with van der Waals surface area (Å²) in [7, 11) is 0. The van der Waals surface area contributed by atoms with E-state index in [0.717, 1.165) is 12.1 Å². The number of hydrogen-bond acceptors (Lipinski definition) is 3. The molecule has 0 saturated carbocycles. The van der Waals surface area contributed by atoms with E-state index in [-0.39, 0.29) is 18.0 Å². The number of aliphatic carboxylic acids is 1. The molecule has 5 nitrogen and oxygen atoms in total. The van der Waals surface area contributed by atoms with Crippen LogP contribution in [0, 0.1) is 11.8 Å². The van der Waals surface area contributed by atoms with Crippen LogP contribution in [0.3, 0.4) is 0 Å². The first-order valence-corrected chi connectivity index (χ1v) is 6.95. The van der Waals surface area contributed by atoms with E-state index in [4.69, 9.17) is 5.11 Å². The van der Waals surface area contributed by atoms with Gasteiger partial charge in [0.15, 0.2) is 0 Å². The predicted molar refractivity (Wildman–Crippen MR) is 76.0 cm³/mol. The van der Waals surface area contributed by atoms with Crippen LogP contribution in [-0.4, -0.2) is 29.9 Å². The van der Waals surface area contributed by atoms with Crippen molar-refractivity contribution in [3.05, 3.63) is 29.8 Å². The van der Waals surface area contributed by atoms with Crippen LogP contribution in [0.2, 0.25) is 0 Å². The highest BCUT2D eigenvalue weighted by Gasteiger charge is 2.31. The fraction of sp³-hybridized carbons (Fsp3) is 0.467. The SMILES string of the molecule is CC(C)CC(CNC(=O)c1ccc(OC(F)(F)F)cc1)C(=O)O. The van der Waals surface area contributed by atoms with Crippen molar-refractivity contribution in [1.82, 2.24) is 5.32 Å². The normalized spacial score (nSPS) is 12.8. The maximum absolute atomic E-state index is 12.0. The van der Waals surface area contributed by atoms with E-state index in [0.29, 0.717) is 6.42 Å². The summed E-state index contributed by atoms with van der Waals surface area (Å²) >= 11 is 0. The molecule has 23 heavy (non-hydrogen) atoms. The summed E-state index contributed by atoms with van der Waals surface area (Å²) in [4.78, 5) is 23.0. The van der Waals surface area contributed by atoms with E-state index < -0.39 is 29.9 Å². The van der Waals surface area contributed by atoms with Crippen molar-refractivity contribution in [3.8, 4) is 5.75 Å². The molecule has 0 spiro atoms. The van der Waals surface area contributed by atoms with Crippen LogP contribution < -0.4 is 10.1 Å². The van der Waals surface area contributed by atoms with Gasteiger partial charge in [-0.3, -0.25) is 9.59 Å². The van der Waals surface area contributed by atoms with E-state index in [1.54, 1.807) is 0 Å². The molecule has 0 aromatic heterocycles. The lowest BCUT2D eigenvalue weighted by Crippen LogP contribution is -2.33. The number of ether oxygens (including phenoxy) is 1. The Hall–Kier alpha value is -2.25. The lowest BCUT2D eigenvalue weighted by atomic mass is 9.97. The van der Waals surface area contributed by atoms with Gasteiger partial charge in [0.1, 0.15) is 5.75 Å². The number of alkyl halides is 3. The molecule has 0 heterocycles. The van der Waals surface area contributed by atoms with Gasteiger partial charge in [-0.15, -0.1) is 13.2 Å². The van der Waals surface area contributed by atoms with Gasteiger partial charge >= 0.3 is 12.3 Å². The number of carbonyl (C=O) groups excluding carboxylic acids is 1. The summed E-state index contributed by atoms with van der Waals surface area (Å²) in [5.74, 6) is -2.55. The Morgan fingerprint density at radius 2 is 1.78 bits per heavy atom. The van der Waals surface area contributed by atoms with Crippen LogP contribution in [0.5, 0.6) is 5.75 Å². The Bertz CT molecular complexity index is 541. The maximum Gasteiger partial charge on any atom is 0.573 e. The molecule has 1 rings (SSSR count). The van der Waals surface area contributed by atoms with E-state index in [1.165, 1.54) is 12.1 Å². The molecule has 2 N–H and O–H groups in total. The van der Waals surface area contributed by atoms with Crippen molar-refractivity contribution in [2.75, 3.05) is 6.54 Å². The van der Waals surface area contributed by atoms with Gasteiger partial charge in [0.2, 0.25) is 0 Å². The summed E-state index contributed by atoms with van der Waals surface area (Å²) in [5, 5.41) is 11.5. The van der Waals surface area contributed by atoms with Crippen LogP contribution in [-0.2, 0) is 4.79 Å². The molecule has 1 unspecified atom stereocenters. The van der Waals surface area contributed by atoms with Crippen molar-refractivity contribution in [2.24, 2.45) is 11.8 Å². The Kier molecular flexibility index (Phi) is 6.41. The van der Waals surface area contributed by atoms with Gasteiger partial charge in [-0.1, -0.05) is 13.8 Å². The fourth-order valence-electron chi connectivity index (χ4n) is 1.97. The largest absolute Gasteiger partial charge is 0.573 e. The minimum atomic E-state index is -4.80. The lowest BCUT2D eigenvalue weighted by molar-refractivity contribution is -0.274. The zero-order chi connectivity index (χ0) is 17.6. The Balaban J connectivity index is 2.62. The molecule has 8 heteroatoms. The van der Waals surface area contributed by atoms with Crippen LogP contribution in [0.25, 0.3) is 0 Å². The van der Waals surface area contributed by atoms with Crippen LogP contribution in [0.1, 0.15) is 30.6 Å². The van der Waals surface area contributed by atoms with Crippen LogP contribution in [0.15, 0.2) is 24.3 Å². The third kappa shape index (κ3) is 7.03. The second kappa shape index (κ2) is 7.85. The average Bonchev–Trinajstić information content (AvgIpc) is 2.41. The maximum atomic E-state index is 12.0. The fourth-order valence-corrected chi connectivity index (χ4v) is 1.97. The highest BCUT2D eigenvalue weighted by molar-refractivity contribution is 5.94. The highest BCUT2D eigenvalue weighted by atomic mass is 19.4. The van der Waals surface area contributed by atoms with Crippen molar-refractivity contribution < 1.29 is 32.6 Å². The molecule has 1 atom stereocenters. The van der Waals surface area contributed by atoms with Crippen molar-refractivity contribution in [1.29, 1.82) is 0 Å². The topological polar surface area (TPSA) is 75.6 Å². The standard InChI is InChI=1S/C15H18F3NO4/c1-9(2)7-11(14(21)22)8-19-13(20)10-3-5-12(6-4-10)23-15(16,17)18/h3-6,9,11H,7-8H2,1-2H3,(H,19,20)(H,21,22). The number of carbonyl (C=O) groups is 2. The first-order valence-electron chi connectivity index (χ1n) is 6.95. The molecule has 0 fully saturated rings. The monoisotopic (exact) mass is 333 g/mol. The number of nitrogens with one attached hydrogen (secondary N) is 1. The van der Waals surface area contributed by atoms with Gasteiger partial charge in [-0.2, -0.15) is 0 Å². The predicted octanol–water partition coefficient (Wildman–Crippen LogP) is 3.06. The van der Waals surface area contributed by atoms with Crippen molar-refractivity contribution >= 4 is 11.9 Å². The third-order valence-electron chi connectivity index (χ3n) is 2.96. The van der Waals surface area contributed by atoms with E-state index in [9.17, 15) is 22.8 Å². The molecular weight excluding hydrogens is 315 g/mol. The average molecular weight is 333 g/mol. The quantitative estimate of drug-likeness (QED) is 0.804. The zero-order valence-electron chi connectivity index (χ0n) is 12.7. The molecule has 0 radical (unpaired) electrons. The molecular formula is C15H18F3NO4. The Morgan fingerprint density at radius 1 is 1.22 bits per heavy atom. The number of carboxylic acids is 1. The Labute approximate surface area is 131 Å². The third-order valence-corrected chi connectivity index (χ3v) is 2.96. The smallest absolute Gasteiger partial charge is 0.481 e. The van der Waals surface area contributed by atoms with Gasteiger partial charge in [-0.05, 0) is 36.6 Å². The summed E-state index contributed by atoms with van der Waals surface area (Å²) in [6, 6.07) is 4.39. The minimum Gasteiger partial charge on any atom is -0.481 e. The van der Waals surface area contributed by atoms with Crippen molar-refractivity contribution in [2.45, 2.75) is 26.6 Å². The number of benzene rings is 1. The van der Waals surface area contributed by atoms with E-state index in [2.05, 4.69) is 10.1 Å². The number of amides is 1. The molecule has 0 bridgehead atoms. The summed E-state index contributed by atoms with van der Waals surface area (Å²) in [6.07, 6.45) is -4.39. The minimum absolute atomic E-state index is 0.0485. The molecule has 1 aromatic rings. The molecule has 0 saturated heterocycles. The second-order valence-electron chi connectivity index (χ2n) is 5.45. The molecule has 0 aliphatic carbocycles. The zero-order valence-corrected chi connectivity index (χ0v) is 12.7. The highest BCUT2D eigenvalue weighted by Crippen LogP contribution is 2.22. The van der Waals surface area contributed by atoms with Gasteiger partial charge < -0.3 is 15.2 Å². The molecule has 1 aromatic carbocycles. The first kappa shape index (κ1) is 18.8. The van der Waals surface area contributed by atoms with Crippen LogP contribution >= 0.6 is 0 Å². The van der Waals surface area contributed by atoms with Gasteiger partial charge in [0.25, 0.3) is 5.91 Å². The molecule has 0 aliphatic rings. The lowest BCUT2D eigenvalue weighted by Gasteiger charge is -2.15. The molecule has 0 aliphatic heterocycles. The van der Waals surface area contributed by atoms with Gasteiger partial charge in [0.05, 0.1) is 5.92 Å². The molecule has 1 amide bonds. The van der Waals surface area contributed by atoms with Gasteiger partial charge in [0, 0.05) is 12.1 Å². The second-order valence-corrected chi connectivity index (χ2v) is 5.45. The summed E-state index contributed by atoms with van der Waals surface area (Å²) in [5.41, 5.74) is 0.119.